The quantitative estimate of drug-likeness (QED) is 0.647. The third-order valence-corrected chi connectivity index (χ3v) is 4.66. The molecule has 1 N–H and O–H groups in total. The Morgan fingerprint density at radius 1 is 1.26 bits per heavy atom. The number of hydrogen-bond donors (Lipinski definition) is 1. The molecule has 19 heavy (non-hydrogen) atoms. The van der Waals surface area contributed by atoms with Crippen molar-refractivity contribution in [1.82, 2.24) is 4.31 Å². The molecule has 0 aliphatic heterocycles. The Morgan fingerprint density at radius 3 is 2.16 bits per heavy atom. The highest BCUT2D eigenvalue weighted by atomic mass is 32.2. The Kier molecular flexibility index (Phi) is 6.99. The molecule has 0 bridgehead atoms. The van der Waals surface area contributed by atoms with Gasteiger partial charge < -0.3 is 9.84 Å². The Morgan fingerprint density at radius 2 is 1.79 bits per heavy atom. The summed E-state index contributed by atoms with van der Waals surface area (Å²) in [5.74, 6) is -1.92. The molecule has 1 atom stereocenters. The summed E-state index contributed by atoms with van der Waals surface area (Å²) < 4.78 is 29.7. The number of carbonyl (C=O) groups is 2. The van der Waals surface area contributed by atoms with Gasteiger partial charge in [-0.25, -0.2) is 12.7 Å². The Hall–Kier alpha value is -1.15. The third kappa shape index (κ3) is 5.56. The zero-order chi connectivity index (χ0) is 15.2. The summed E-state index contributed by atoms with van der Waals surface area (Å²) in [5.41, 5.74) is 0. The summed E-state index contributed by atoms with van der Waals surface area (Å²) >= 11 is 0. The van der Waals surface area contributed by atoms with Gasteiger partial charge in [0.2, 0.25) is 10.0 Å². The van der Waals surface area contributed by atoms with Crippen molar-refractivity contribution in [2.24, 2.45) is 5.92 Å². The fourth-order valence-corrected chi connectivity index (χ4v) is 2.95. The van der Waals surface area contributed by atoms with Gasteiger partial charge in [0.15, 0.2) is 5.25 Å². The Bertz CT molecular complexity index is 417. The number of nitrogens with zero attached hydrogens (tertiary/aromatic N) is 1. The van der Waals surface area contributed by atoms with Crippen LogP contribution in [-0.4, -0.2) is 55.2 Å². The number of methoxy groups -OCH3 is 1. The first-order valence-corrected chi connectivity index (χ1v) is 7.41. The molecule has 0 rings (SSSR count). The van der Waals surface area contributed by atoms with Gasteiger partial charge in [-0.3, -0.25) is 9.59 Å². The van der Waals surface area contributed by atoms with Crippen molar-refractivity contribution >= 4 is 22.0 Å². The lowest BCUT2D eigenvalue weighted by atomic mass is 10.2. The molecule has 0 aliphatic rings. The second-order valence-corrected chi connectivity index (χ2v) is 6.86. The van der Waals surface area contributed by atoms with Crippen LogP contribution >= 0.6 is 0 Å². The standard InChI is InChI=1S/C11H21NO6S/c1-8(2)7-12(6-5-10(13)18-4)19(16,17)9(3)11(14)15/h8-9H,5-7H2,1-4H3,(H,14,15). The third-order valence-electron chi connectivity index (χ3n) is 2.52. The van der Waals surface area contributed by atoms with E-state index < -0.39 is 27.2 Å². The summed E-state index contributed by atoms with van der Waals surface area (Å²) in [7, 11) is -2.76. The van der Waals surface area contributed by atoms with Crippen molar-refractivity contribution in [3.63, 3.8) is 0 Å². The molecule has 0 aromatic heterocycles. The molecule has 0 aromatic rings. The van der Waals surface area contributed by atoms with E-state index in [4.69, 9.17) is 5.11 Å². The van der Waals surface area contributed by atoms with E-state index in [-0.39, 0.29) is 25.4 Å². The summed E-state index contributed by atoms with van der Waals surface area (Å²) in [4.78, 5) is 21.9. The van der Waals surface area contributed by atoms with E-state index in [1.54, 1.807) is 0 Å². The molecular weight excluding hydrogens is 274 g/mol. The van der Waals surface area contributed by atoms with Crippen LogP contribution in [-0.2, 0) is 24.3 Å². The fourth-order valence-electron chi connectivity index (χ4n) is 1.40. The average Bonchev–Trinajstić information content (AvgIpc) is 2.31. The maximum Gasteiger partial charge on any atom is 0.323 e. The van der Waals surface area contributed by atoms with Crippen LogP contribution in [0.15, 0.2) is 0 Å². The predicted octanol–water partition coefficient (Wildman–Crippen LogP) is 0.310. The van der Waals surface area contributed by atoms with E-state index >= 15 is 0 Å². The van der Waals surface area contributed by atoms with Crippen LogP contribution in [0.5, 0.6) is 0 Å². The monoisotopic (exact) mass is 295 g/mol. The minimum absolute atomic E-state index is 0.0217. The smallest absolute Gasteiger partial charge is 0.323 e. The number of carboxylic acid groups (broad SMARTS) is 1. The SMILES string of the molecule is COC(=O)CCN(CC(C)C)S(=O)(=O)C(C)C(=O)O. The van der Waals surface area contributed by atoms with Gasteiger partial charge in [-0.1, -0.05) is 13.8 Å². The average molecular weight is 295 g/mol. The normalized spacial score (nSPS) is 13.6. The largest absolute Gasteiger partial charge is 0.480 e. The van der Waals surface area contributed by atoms with E-state index in [2.05, 4.69) is 4.74 Å². The second kappa shape index (κ2) is 7.44. The van der Waals surface area contributed by atoms with Gasteiger partial charge in [-0.15, -0.1) is 0 Å². The number of rotatable bonds is 8. The fraction of sp³-hybridized carbons (Fsp3) is 0.818. The number of aliphatic carboxylic acids is 1. The summed E-state index contributed by atoms with van der Waals surface area (Å²) in [6, 6.07) is 0. The Labute approximate surface area is 113 Å². The molecule has 0 saturated carbocycles. The predicted molar refractivity (Wildman–Crippen MR) is 69.1 cm³/mol. The van der Waals surface area contributed by atoms with Gasteiger partial charge in [0.1, 0.15) is 0 Å². The summed E-state index contributed by atoms with van der Waals surface area (Å²) in [6.45, 7) is 4.82. The highest BCUT2D eigenvalue weighted by Gasteiger charge is 2.34. The lowest BCUT2D eigenvalue weighted by Gasteiger charge is -2.25. The van der Waals surface area contributed by atoms with Gasteiger partial charge >= 0.3 is 11.9 Å². The summed E-state index contributed by atoms with van der Waals surface area (Å²) in [5, 5.41) is 7.29. The molecule has 1 unspecified atom stereocenters. The topological polar surface area (TPSA) is 101 Å². The molecule has 0 amide bonds. The molecule has 7 nitrogen and oxygen atoms in total. The highest BCUT2D eigenvalue weighted by molar-refractivity contribution is 7.90. The van der Waals surface area contributed by atoms with Crippen LogP contribution in [0.1, 0.15) is 27.2 Å². The first kappa shape index (κ1) is 17.8. The number of carboxylic acids is 1. The van der Waals surface area contributed by atoms with Gasteiger partial charge in [-0.05, 0) is 12.8 Å². The molecule has 0 radical (unpaired) electrons. The molecule has 0 saturated heterocycles. The van der Waals surface area contributed by atoms with Gasteiger partial charge in [0.25, 0.3) is 0 Å². The molecule has 8 heteroatoms. The number of hydrogen-bond acceptors (Lipinski definition) is 5. The zero-order valence-corrected chi connectivity index (χ0v) is 12.4. The van der Waals surface area contributed by atoms with Crippen LogP contribution in [0.4, 0.5) is 0 Å². The lowest BCUT2D eigenvalue weighted by molar-refractivity contribution is -0.140. The first-order valence-electron chi connectivity index (χ1n) is 5.91. The van der Waals surface area contributed by atoms with Crippen molar-refractivity contribution < 1.29 is 27.9 Å². The number of carbonyl (C=O) groups excluding carboxylic acids is 1. The minimum Gasteiger partial charge on any atom is -0.480 e. The molecule has 0 aliphatic carbocycles. The van der Waals surface area contributed by atoms with Gasteiger partial charge in [0, 0.05) is 13.1 Å². The number of ether oxygens (including phenoxy) is 1. The number of sulfonamides is 1. The van der Waals surface area contributed by atoms with E-state index in [1.807, 2.05) is 13.8 Å². The number of esters is 1. The van der Waals surface area contributed by atoms with Crippen molar-refractivity contribution in [2.75, 3.05) is 20.2 Å². The van der Waals surface area contributed by atoms with Crippen molar-refractivity contribution in [3.8, 4) is 0 Å². The van der Waals surface area contributed by atoms with E-state index in [9.17, 15) is 18.0 Å². The lowest BCUT2D eigenvalue weighted by Crippen LogP contribution is -2.43. The second-order valence-electron chi connectivity index (χ2n) is 4.60. The van der Waals surface area contributed by atoms with Crippen LogP contribution in [0.3, 0.4) is 0 Å². The molecule has 112 valence electrons. The van der Waals surface area contributed by atoms with Crippen LogP contribution in [0, 0.1) is 5.92 Å². The minimum atomic E-state index is -3.97. The van der Waals surface area contributed by atoms with Crippen molar-refractivity contribution in [1.29, 1.82) is 0 Å². The summed E-state index contributed by atoms with van der Waals surface area (Å²) in [6.07, 6.45) is -0.102. The van der Waals surface area contributed by atoms with Crippen LogP contribution in [0.2, 0.25) is 0 Å². The van der Waals surface area contributed by atoms with E-state index in [0.29, 0.717) is 0 Å². The molecular formula is C11H21NO6S. The van der Waals surface area contributed by atoms with Crippen LogP contribution in [0.25, 0.3) is 0 Å². The molecule has 0 aromatic carbocycles. The van der Waals surface area contributed by atoms with Gasteiger partial charge in [0.05, 0.1) is 13.5 Å². The van der Waals surface area contributed by atoms with E-state index in [1.165, 1.54) is 7.11 Å². The maximum absolute atomic E-state index is 12.1. The molecule has 0 spiro atoms. The van der Waals surface area contributed by atoms with Crippen LogP contribution < -0.4 is 0 Å². The van der Waals surface area contributed by atoms with Crippen molar-refractivity contribution in [2.45, 2.75) is 32.4 Å². The maximum atomic E-state index is 12.1. The highest BCUT2D eigenvalue weighted by Crippen LogP contribution is 2.13. The molecule has 0 heterocycles. The van der Waals surface area contributed by atoms with Crippen molar-refractivity contribution in [3.05, 3.63) is 0 Å². The van der Waals surface area contributed by atoms with E-state index in [0.717, 1.165) is 11.2 Å². The van der Waals surface area contributed by atoms with Gasteiger partial charge in [-0.2, -0.15) is 0 Å². The molecule has 0 fully saturated rings. The first-order chi connectivity index (χ1) is 8.62. The zero-order valence-electron chi connectivity index (χ0n) is 11.6. The Balaban J connectivity index is 5.02.